The highest BCUT2D eigenvalue weighted by Crippen LogP contribution is 2.24. The second-order valence-corrected chi connectivity index (χ2v) is 4.66. The molecule has 1 fully saturated rings. The van der Waals surface area contributed by atoms with Gasteiger partial charge in [0.1, 0.15) is 0 Å². The molecule has 2 N–H and O–H groups in total. The fourth-order valence-corrected chi connectivity index (χ4v) is 2.43. The van der Waals surface area contributed by atoms with Crippen molar-refractivity contribution in [2.75, 3.05) is 6.54 Å². The second-order valence-electron chi connectivity index (χ2n) is 4.66. The standard InChI is InChI=1S/C14H18N2O/c15-8-11-4-1-2-5-12(11)9-16-10-13-6-3-7-14(13)17/h1-2,4-5,13-14,16-17H,3,6-7,9-10H2. The van der Waals surface area contributed by atoms with E-state index in [4.69, 9.17) is 5.26 Å². The van der Waals surface area contributed by atoms with Gasteiger partial charge in [-0.25, -0.2) is 0 Å². The number of hydrogen-bond donors (Lipinski definition) is 2. The topological polar surface area (TPSA) is 56.0 Å². The van der Waals surface area contributed by atoms with Crippen LogP contribution in [-0.2, 0) is 6.54 Å². The molecular weight excluding hydrogens is 212 g/mol. The van der Waals surface area contributed by atoms with E-state index in [2.05, 4.69) is 11.4 Å². The summed E-state index contributed by atoms with van der Waals surface area (Å²) in [6.45, 7) is 1.54. The molecule has 1 saturated carbocycles. The van der Waals surface area contributed by atoms with Crippen LogP contribution in [0.15, 0.2) is 24.3 Å². The van der Waals surface area contributed by atoms with Crippen molar-refractivity contribution in [3.8, 4) is 6.07 Å². The summed E-state index contributed by atoms with van der Waals surface area (Å²) < 4.78 is 0. The maximum absolute atomic E-state index is 9.69. The molecule has 0 amide bonds. The van der Waals surface area contributed by atoms with Crippen LogP contribution in [0, 0.1) is 17.2 Å². The summed E-state index contributed by atoms with van der Waals surface area (Å²) in [7, 11) is 0. The number of nitrogens with zero attached hydrogens (tertiary/aromatic N) is 1. The molecule has 2 atom stereocenters. The van der Waals surface area contributed by atoms with Crippen molar-refractivity contribution in [3.05, 3.63) is 35.4 Å². The molecular formula is C14H18N2O. The number of rotatable bonds is 4. The third kappa shape index (κ3) is 3.06. The fourth-order valence-electron chi connectivity index (χ4n) is 2.43. The molecule has 1 aliphatic rings. The van der Waals surface area contributed by atoms with Gasteiger partial charge >= 0.3 is 0 Å². The van der Waals surface area contributed by atoms with E-state index in [1.165, 1.54) is 0 Å². The Morgan fingerprint density at radius 3 is 2.88 bits per heavy atom. The van der Waals surface area contributed by atoms with Gasteiger partial charge in [0.05, 0.1) is 17.7 Å². The molecule has 0 radical (unpaired) electrons. The minimum atomic E-state index is -0.145. The van der Waals surface area contributed by atoms with E-state index in [1.54, 1.807) is 0 Å². The van der Waals surface area contributed by atoms with Crippen LogP contribution in [0.4, 0.5) is 0 Å². The van der Waals surface area contributed by atoms with Crippen molar-refractivity contribution in [2.24, 2.45) is 5.92 Å². The van der Waals surface area contributed by atoms with Crippen LogP contribution in [0.5, 0.6) is 0 Å². The van der Waals surface area contributed by atoms with Crippen LogP contribution >= 0.6 is 0 Å². The van der Waals surface area contributed by atoms with E-state index in [9.17, 15) is 5.11 Å². The number of hydrogen-bond acceptors (Lipinski definition) is 3. The van der Waals surface area contributed by atoms with E-state index in [1.807, 2.05) is 24.3 Å². The van der Waals surface area contributed by atoms with Crippen LogP contribution in [0.1, 0.15) is 30.4 Å². The lowest BCUT2D eigenvalue weighted by atomic mass is 10.1. The first-order chi connectivity index (χ1) is 8.31. The predicted molar refractivity (Wildman–Crippen MR) is 66.2 cm³/mol. The maximum atomic E-state index is 9.69. The number of nitriles is 1. The largest absolute Gasteiger partial charge is 0.393 e. The van der Waals surface area contributed by atoms with Crippen molar-refractivity contribution in [1.82, 2.24) is 5.32 Å². The summed E-state index contributed by atoms with van der Waals surface area (Å²) in [4.78, 5) is 0. The number of aliphatic hydroxyl groups is 1. The van der Waals surface area contributed by atoms with Gasteiger partial charge in [-0.2, -0.15) is 5.26 Å². The predicted octanol–water partition coefficient (Wildman–Crippen LogP) is 1.81. The van der Waals surface area contributed by atoms with Crippen molar-refractivity contribution in [3.63, 3.8) is 0 Å². The van der Waals surface area contributed by atoms with Crippen LogP contribution < -0.4 is 5.32 Å². The number of nitrogens with one attached hydrogen (secondary N) is 1. The van der Waals surface area contributed by atoms with Gasteiger partial charge in [-0.05, 0) is 30.4 Å². The summed E-state index contributed by atoms with van der Waals surface area (Å²) in [6, 6.07) is 9.82. The van der Waals surface area contributed by atoms with Gasteiger partial charge in [-0.15, -0.1) is 0 Å². The Morgan fingerprint density at radius 1 is 1.35 bits per heavy atom. The zero-order chi connectivity index (χ0) is 12.1. The summed E-state index contributed by atoms with van der Waals surface area (Å²) >= 11 is 0. The molecule has 0 aliphatic heterocycles. The number of aliphatic hydroxyl groups excluding tert-OH is 1. The Balaban J connectivity index is 1.84. The van der Waals surface area contributed by atoms with Crippen molar-refractivity contribution >= 4 is 0 Å². The lowest BCUT2D eigenvalue weighted by molar-refractivity contribution is 0.131. The zero-order valence-electron chi connectivity index (χ0n) is 9.89. The maximum Gasteiger partial charge on any atom is 0.0995 e. The first-order valence-corrected chi connectivity index (χ1v) is 6.18. The van der Waals surface area contributed by atoms with Crippen LogP contribution in [0.2, 0.25) is 0 Å². The first-order valence-electron chi connectivity index (χ1n) is 6.18. The SMILES string of the molecule is N#Cc1ccccc1CNCC1CCCC1O. The monoisotopic (exact) mass is 230 g/mol. The highest BCUT2D eigenvalue weighted by Gasteiger charge is 2.24. The van der Waals surface area contributed by atoms with Gasteiger partial charge < -0.3 is 10.4 Å². The molecule has 2 unspecified atom stereocenters. The van der Waals surface area contributed by atoms with Gasteiger partial charge in [0.15, 0.2) is 0 Å². The third-order valence-electron chi connectivity index (χ3n) is 3.48. The van der Waals surface area contributed by atoms with E-state index in [0.29, 0.717) is 12.5 Å². The Hall–Kier alpha value is -1.37. The van der Waals surface area contributed by atoms with Crippen LogP contribution in [-0.4, -0.2) is 17.8 Å². The van der Waals surface area contributed by atoms with E-state index in [-0.39, 0.29) is 6.10 Å². The lowest BCUT2D eigenvalue weighted by Crippen LogP contribution is -2.27. The Bertz CT molecular complexity index is 411. The van der Waals surface area contributed by atoms with Gasteiger partial charge in [-0.3, -0.25) is 0 Å². The average Bonchev–Trinajstić information content (AvgIpc) is 2.76. The van der Waals surface area contributed by atoms with Gasteiger partial charge in [0.25, 0.3) is 0 Å². The first kappa shape index (κ1) is 12.1. The van der Waals surface area contributed by atoms with Crippen LogP contribution in [0.25, 0.3) is 0 Å². The summed E-state index contributed by atoms with van der Waals surface area (Å²) in [5, 5.41) is 22.0. The van der Waals surface area contributed by atoms with Gasteiger partial charge in [0, 0.05) is 13.1 Å². The Labute approximate surface area is 102 Å². The highest BCUT2D eigenvalue weighted by molar-refractivity contribution is 5.37. The average molecular weight is 230 g/mol. The molecule has 3 heteroatoms. The quantitative estimate of drug-likeness (QED) is 0.829. The van der Waals surface area contributed by atoms with Gasteiger partial charge in [-0.1, -0.05) is 24.6 Å². The summed E-state index contributed by atoms with van der Waals surface area (Å²) in [5.41, 5.74) is 1.76. The third-order valence-corrected chi connectivity index (χ3v) is 3.48. The molecule has 17 heavy (non-hydrogen) atoms. The molecule has 3 nitrogen and oxygen atoms in total. The van der Waals surface area contributed by atoms with Crippen molar-refractivity contribution in [1.29, 1.82) is 5.26 Å². The summed E-state index contributed by atoms with van der Waals surface area (Å²) in [6.07, 6.45) is 3.02. The normalized spacial score (nSPS) is 23.5. The molecule has 0 saturated heterocycles. The second kappa shape index (κ2) is 5.81. The Morgan fingerprint density at radius 2 is 2.18 bits per heavy atom. The van der Waals surface area contributed by atoms with E-state index in [0.717, 1.165) is 36.9 Å². The highest BCUT2D eigenvalue weighted by atomic mass is 16.3. The minimum absolute atomic E-state index is 0.145. The van der Waals surface area contributed by atoms with E-state index >= 15 is 0 Å². The summed E-state index contributed by atoms with van der Waals surface area (Å²) in [5.74, 6) is 0.379. The molecule has 1 aromatic rings. The molecule has 90 valence electrons. The molecule has 0 aromatic heterocycles. The molecule has 0 spiro atoms. The van der Waals surface area contributed by atoms with Crippen LogP contribution in [0.3, 0.4) is 0 Å². The van der Waals surface area contributed by atoms with E-state index < -0.39 is 0 Å². The molecule has 1 aliphatic carbocycles. The molecule has 1 aromatic carbocycles. The van der Waals surface area contributed by atoms with Crippen molar-refractivity contribution < 1.29 is 5.11 Å². The Kier molecular flexibility index (Phi) is 4.13. The molecule has 2 rings (SSSR count). The minimum Gasteiger partial charge on any atom is -0.393 e. The lowest BCUT2D eigenvalue weighted by Gasteiger charge is -2.15. The molecule has 0 bridgehead atoms. The smallest absolute Gasteiger partial charge is 0.0995 e. The van der Waals surface area contributed by atoms with Gasteiger partial charge in [0.2, 0.25) is 0 Å². The van der Waals surface area contributed by atoms with Crippen molar-refractivity contribution in [2.45, 2.75) is 31.9 Å². The zero-order valence-corrected chi connectivity index (χ0v) is 9.89. The number of benzene rings is 1. The molecule has 0 heterocycles. The fraction of sp³-hybridized carbons (Fsp3) is 0.500.